The highest BCUT2D eigenvalue weighted by molar-refractivity contribution is 5.78. The SMILES string of the molecule is CN(CC1CCOCC1)C(=O)CNC1CCCC1. The van der Waals surface area contributed by atoms with Crippen LogP contribution in [0.4, 0.5) is 0 Å². The van der Waals surface area contributed by atoms with Crippen LogP contribution in [-0.4, -0.2) is 50.2 Å². The molecule has 1 heterocycles. The second-order valence-electron chi connectivity index (χ2n) is 5.69. The van der Waals surface area contributed by atoms with Gasteiger partial charge in [0, 0.05) is 32.8 Å². The molecular weight excluding hydrogens is 228 g/mol. The summed E-state index contributed by atoms with van der Waals surface area (Å²) in [6, 6.07) is 0.574. The van der Waals surface area contributed by atoms with Crippen LogP contribution in [0.5, 0.6) is 0 Å². The summed E-state index contributed by atoms with van der Waals surface area (Å²) in [6.45, 7) is 3.10. The molecule has 0 aromatic heterocycles. The summed E-state index contributed by atoms with van der Waals surface area (Å²) in [5, 5.41) is 3.38. The minimum Gasteiger partial charge on any atom is -0.381 e. The van der Waals surface area contributed by atoms with E-state index in [2.05, 4.69) is 5.32 Å². The third-order valence-electron chi connectivity index (χ3n) is 4.20. The monoisotopic (exact) mass is 254 g/mol. The van der Waals surface area contributed by atoms with Gasteiger partial charge in [-0.1, -0.05) is 12.8 Å². The zero-order chi connectivity index (χ0) is 12.8. The molecule has 1 N–H and O–H groups in total. The quantitative estimate of drug-likeness (QED) is 0.806. The van der Waals surface area contributed by atoms with Crippen molar-refractivity contribution in [2.24, 2.45) is 5.92 Å². The average Bonchev–Trinajstić information content (AvgIpc) is 2.90. The Bertz CT molecular complexity index is 259. The van der Waals surface area contributed by atoms with Gasteiger partial charge in [0.15, 0.2) is 0 Å². The summed E-state index contributed by atoms with van der Waals surface area (Å²) in [5.74, 6) is 0.854. The number of ether oxygens (including phenoxy) is 1. The Labute approximate surface area is 110 Å². The van der Waals surface area contributed by atoms with E-state index < -0.39 is 0 Å². The molecule has 4 heteroatoms. The molecule has 0 radical (unpaired) electrons. The fourth-order valence-corrected chi connectivity index (χ4v) is 2.91. The molecule has 0 unspecified atom stereocenters. The van der Waals surface area contributed by atoms with Gasteiger partial charge in [-0.3, -0.25) is 4.79 Å². The van der Waals surface area contributed by atoms with Gasteiger partial charge in [-0.25, -0.2) is 0 Å². The topological polar surface area (TPSA) is 41.6 Å². The van der Waals surface area contributed by atoms with Crippen molar-refractivity contribution >= 4 is 5.91 Å². The zero-order valence-electron chi connectivity index (χ0n) is 11.5. The first-order valence-corrected chi connectivity index (χ1v) is 7.31. The summed E-state index contributed by atoms with van der Waals surface area (Å²) in [6.07, 6.45) is 7.27. The van der Waals surface area contributed by atoms with Crippen LogP contribution >= 0.6 is 0 Å². The lowest BCUT2D eigenvalue weighted by Gasteiger charge is -2.27. The van der Waals surface area contributed by atoms with Crippen LogP contribution in [0.3, 0.4) is 0 Å². The maximum atomic E-state index is 12.0. The number of amides is 1. The number of carbonyl (C=O) groups excluding carboxylic acids is 1. The molecule has 0 atom stereocenters. The van der Waals surface area contributed by atoms with Crippen molar-refractivity contribution in [2.75, 3.05) is 33.4 Å². The van der Waals surface area contributed by atoms with Crippen molar-refractivity contribution in [2.45, 2.75) is 44.6 Å². The molecule has 2 aliphatic rings. The van der Waals surface area contributed by atoms with E-state index in [1.807, 2.05) is 11.9 Å². The molecule has 0 aromatic carbocycles. The third-order valence-corrected chi connectivity index (χ3v) is 4.20. The minimum absolute atomic E-state index is 0.230. The van der Waals surface area contributed by atoms with E-state index in [1.165, 1.54) is 25.7 Å². The van der Waals surface area contributed by atoms with Crippen LogP contribution in [0.15, 0.2) is 0 Å². The Hall–Kier alpha value is -0.610. The Morgan fingerprint density at radius 1 is 1.22 bits per heavy atom. The lowest BCUT2D eigenvalue weighted by Crippen LogP contribution is -2.41. The molecule has 1 saturated heterocycles. The van der Waals surface area contributed by atoms with Gasteiger partial charge in [0.2, 0.25) is 5.91 Å². The van der Waals surface area contributed by atoms with E-state index in [-0.39, 0.29) is 5.91 Å². The molecule has 0 spiro atoms. The Kier molecular flexibility index (Phi) is 5.45. The number of hydrogen-bond donors (Lipinski definition) is 1. The molecule has 4 nitrogen and oxygen atoms in total. The van der Waals surface area contributed by atoms with E-state index in [9.17, 15) is 4.79 Å². The maximum absolute atomic E-state index is 12.0. The molecule has 1 saturated carbocycles. The van der Waals surface area contributed by atoms with Gasteiger partial charge in [0.1, 0.15) is 0 Å². The molecule has 1 amide bonds. The fourth-order valence-electron chi connectivity index (χ4n) is 2.91. The number of nitrogens with zero attached hydrogens (tertiary/aromatic N) is 1. The molecule has 2 fully saturated rings. The van der Waals surface area contributed by atoms with E-state index in [0.29, 0.717) is 18.5 Å². The van der Waals surface area contributed by atoms with Crippen molar-refractivity contribution in [3.8, 4) is 0 Å². The van der Waals surface area contributed by atoms with E-state index in [4.69, 9.17) is 4.74 Å². The van der Waals surface area contributed by atoms with Gasteiger partial charge in [-0.15, -0.1) is 0 Å². The highest BCUT2D eigenvalue weighted by atomic mass is 16.5. The lowest BCUT2D eigenvalue weighted by atomic mass is 10.00. The molecule has 0 bridgehead atoms. The van der Waals surface area contributed by atoms with Crippen LogP contribution in [0.1, 0.15) is 38.5 Å². The van der Waals surface area contributed by atoms with Crippen molar-refractivity contribution in [3.05, 3.63) is 0 Å². The summed E-state index contributed by atoms with van der Waals surface area (Å²) in [7, 11) is 1.92. The number of likely N-dealkylation sites (N-methyl/N-ethyl adjacent to an activating group) is 1. The molecule has 1 aliphatic carbocycles. The molecule has 0 aromatic rings. The first-order chi connectivity index (χ1) is 8.75. The predicted molar refractivity (Wildman–Crippen MR) is 71.4 cm³/mol. The summed E-state index contributed by atoms with van der Waals surface area (Å²) in [4.78, 5) is 13.9. The van der Waals surface area contributed by atoms with Gasteiger partial charge in [0.25, 0.3) is 0 Å². The number of hydrogen-bond acceptors (Lipinski definition) is 3. The van der Waals surface area contributed by atoms with Crippen molar-refractivity contribution < 1.29 is 9.53 Å². The Morgan fingerprint density at radius 2 is 1.89 bits per heavy atom. The smallest absolute Gasteiger partial charge is 0.236 e. The first kappa shape index (κ1) is 13.8. The molecular formula is C14H26N2O2. The average molecular weight is 254 g/mol. The highest BCUT2D eigenvalue weighted by Crippen LogP contribution is 2.18. The van der Waals surface area contributed by atoms with E-state index in [1.54, 1.807) is 0 Å². The molecule has 18 heavy (non-hydrogen) atoms. The van der Waals surface area contributed by atoms with E-state index >= 15 is 0 Å². The van der Waals surface area contributed by atoms with Crippen molar-refractivity contribution in [1.29, 1.82) is 0 Å². The van der Waals surface area contributed by atoms with Crippen LogP contribution < -0.4 is 5.32 Å². The van der Waals surface area contributed by atoms with Crippen LogP contribution in [0, 0.1) is 5.92 Å². The van der Waals surface area contributed by atoms with Crippen molar-refractivity contribution in [3.63, 3.8) is 0 Å². The normalized spacial score (nSPS) is 22.3. The largest absolute Gasteiger partial charge is 0.381 e. The van der Waals surface area contributed by atoms with Crippen LogP contribution in [0.2, 0.25) is 0 Å². The first-order valence-electron chi connectivity index (χ1n) is 7.31. The van der Waals surface area contributed by atoms with Gasteiger partial charge in [-0.05, 0) is 31.6 Å². The maximum Gasteiger partial charge on any atom is 0.236 e. The van der Waals surface area contributed by atoms with Gasteiger partial charge in [0.05, 0.1) is 6.54 Å². The summed E-state index contributed by atoms with van der Waals surface area (Å²) < 4.78 is 5.34. The summed E-state index contributed by atoms with van der Waals surface area (Å²) in [5.41, 5.74) is 0. The molecule has 1 aliphatic heterocycles. The second-order valence-corrected chi connectivity index (χ2v) is 5.69. The molecule has 104 valence electrons. The minimum atomic E-state index is 0.230. The standard InChI is InChI=1S/C14H26N2O2/c1-16(11-12-6-8-18-9-7-12)14(17)10-15-13-4-2-3-5-13/h12-13,15H,2-11H2,1H3. The summed E-state index contributed by atoms with van der Waals surface area (Å²) >= 11 is 0. The third kappa shape index (κ3) is 4.25. The van der Waals surface area contributed by atoms with Crippen molar-refractivity contribution in [1.82, 2.24) is 10.2 Å². The Balaban J connectivity index is 1.63. The predicted octanol–water partition coefficient (Wildman–Crippen LogP) is 1.40. The molecule has 2 rings (SSSR count). The zero-order valence-corrected chi connectivity index (χ0v) is 11.5. The Morgan fingerprint density at radius 3 is 2.56 bits per heavy atom. The van der Waals surface area contributed by atoms with Crippen LogP contribution in [0.25, 0.3) is 0 Å². The van der Waals surface area contributed by atoms with Gasteiger partial charge >= 0.3 is 0 Å². The number of carbonyl (C=O) groups is 1. The highest BCUT2D eigenvalue weighted by Gasteiger charge is 2.20. The van der Waals surface area contributed by atoms with Gasteiger partial charge in [-0.2, -0.15) is 0 Å². The lowest BCUT2D eigenvalue weighted by molar-refractivity contribution is -0.130. The van der Waals surface area contributed by atoms with Crippen LogP contribution in [-0.2, 0) is 9.53 Å². The van der Waals surface area contributed by atoms with E-state index in [0.717, 1.165) is 32.6 Å². The number of nitrogens with one attached hydrogen (secondary N) is 1. The number of rotatable bonds is 5. The second kappa shape index (κ2) is 7.10. The fraction of sp³-hybridized carbons (Fsp3) is 0.929. The van der Waals surface area contributed by atoms with Gasteiger partial charge < -0.3 is 15.0 Å².